The second kappa shape index (κ2) is 6.71. The van der Waals surface area contributed by atoms with Gasteiger partial charge in [0.05, 0.1) is 5.69 Å². The Hall–Kier alpha value is -0.940. The maximum Gasteiger partial charge on any atom is 0.225 e. The number of anilines is 1. The number of amides is 1. The van der Waals surface area contributed by atoms with Crippen LogP contribution in [0.15, 0.2) is 22.7 Å². The van der Waals surface area contributed by atoms with Crippen molar-refractivity contribution in [3.63, 3.8) is 0 Å². The Bertz CT molecular complexity index is 396. The summed E-state index contributed by atoms with van der Waals surface area (Å²) in [6.45, 7) is 4.60. The summed E-state index contributed by atoms with van der Waals surface area (Å²) < 4.78 is 14.0. The zero-order valence-corrected chi connectivity index (χ0v) is 11.5. The van der Waals surface area contributed by atoms with Gasteiger partial charge in [0.15, 0.2) is 0 Å². The van der Waals surface area contributed by atoms with Crippen LogP contribution in [-0.2, 0) is 4.79 Å². The lowest BCUT2D eigenvalue weighted by molar-refractivity contribution is -0.116. The fourth-order valence-electron chi connectivity index (χ4n) is 1.28. The van der Waals surface area contributed by atoms with Gasteiger partial charge in [-0.05, 0) is 18.2 Å². The van der Waals surface area contributed by atoms with E-state index in [1.807, 2.05) is 13.8 Å². The van der Waals surface area contributed by atoms with E-state index in [1.165, 1.54) is 12.1 Å². The Morgan fingerprint density at radius 3 is 2.76 bits per heavy atom. The molecule has 0 spiro atoms. The van der Waals surface area contributed by atoms with Crippen molar-refractivity contribution in [3.8, 4) is 0 Å². The van der Waals surface area contributed by atoms with Crippen LogP contribution in [0.25, 0.3) is 0 Å². The molecule has 0 bridgehead atoms. The third kappa shape index (κ3) is 5.28. The van der Waals surface area contributed by atoms with Crippen LogP contribution >= 0.6 is 15.9 Å². The van der Waals surface area contributed by atoms with Gasteiger partial charge in [-0.3, -0.25) is 4.79 Å². The highest BCUT2D eigenvalue weighted by Crippen LogP contribution is 2.19. The number of carbonyl (C=O) groups excluding carboxylic acids is 1. The van der Waals surface area contributed by atoms with E-state index in [-0.39, 0.29) is 11.6 Å². The number of hydrogen-bond donors (Lipinski definition) is 2. The quantitative estimate of drug-likeness (QED) is 0.878. The largest absolute Gasteiger partial charge is 0.324 e. The summed E-state index contributed by atoms with van der Waals surface area (Å²) in [6.07, 6.45) is 0.327. The number of hydrogen-bond acceptors (Lipinski definition) is 2. The summed E-state index contributed by atoms with van der Waals surface area (Å²) in [7, 11) is 0. The molecule has 0 aliphatic carbocycles. The van der Waals surface area contributed by atoms with Gasteiger partial charge in [-0.15, -0.1) is 0 Å². The van der Waals surface area contributed by atoms with Gasteiger partial charge in [0.2, 0.25) is 5.91 Å². The van der Waals surface area contributed by atoms with Gasteiger partial charge in [-0.25, -0.2) is 4.39 Å². The highest BCUT2D eigenvalue weighted by atomic mass is 79.9. The first-order valence-corrected chi connectivity index (χ1v) is 6.26. The lowest BCUT2D eigenvalue weighted by atomic mass is 10.3. The first-order valence-electron chi connectivity index (χ1n) is 5.47. The Balaban J connectivity index is 2.45. The van der Waals surface area contributed by atoms with E-state index < -0.39 is 5.82 Å². The van der Waals surface area contributed by atoms with Crippen LogP contribution in [0.2, 0.25) is 0 Å². The van der Waals surface area contributed by atoms with Crippen LogP contribution in [-0.4, -0.2) is 18.5 Å². The second-order valence-electron chi connectivity index (χ2n) is 4.03. The van der Waals surface area contributed by atoms with Crippen LogP contribution in [0, 0.1) is 5.82 Å². The first kappa shape index (κ1) is 14.1. The van der Waals surface area contributed by atoms with Crippen molar-refractivity contribution in [2.45, 2.75) is 26.3 Å². The molecule has 0 heterocycles. The number of benzene rings is 1. The smallest absolute Gasteiger partial charge is 0.225 e. The molecule has 1 rings (SSSR count). The standard InChI is InChI=1S/C12H16BrFN2O/c1-8(2)15-6-5-12(17)16-11-4-3-9(13)7-10(11)14/h3-4,7-8,15H,5-6H2,1-2H3,(H,16,17). The first-order chi connectivity index (χ1) is 7.99. The fraction of sp³-hybridized carbons (Fsp3) is 0.417. The average molecular weight is 303 g/mol. The molecule has 3 nitrogen and oxygen atoms in total. The summed E-state index contributed by atoms with van der Waals surface area (Å²) in [5, 5.41) is 5.66. The molecule has 17 heavy (non-hydrogen) atoms. The molecular formula is C12H16BrFN2O. The summed E-state index contributed by atoms with van der Waals surface area (Å²) in [6, 6.07) is 4.88. The van der Waals surface area contributed by atoms with Crippen LogP contribution < -0.4 is 10.6 Å². The second-order valence-corrected chi connectivity index (χ2v) is 4.95. The number of halogens is 2. The number of rotatable bonds is 5. The molecule has 1 amide bonds. The third-order valence-electron chi connectivity index (χ3n) is 2.11. The molecule has 0 saturated carbocycles. The third-order valence-corrected chi connectivity index (χ3v) is 2.60. The van der Waals surface area contributed by atoms with Gasteiger partial charge in [0.25, 0.3) is 0 Å². The average Bonchev–Trinajstić information content (AvgIpc) is 2.21. The van der Waals surface area contributed by atoms with Crippen LogP contribution in [0.3, 0.4) is 0 Å². The van der Waals surface area contributed by atoms with E-state index in [1.54, 1.807) is 6.07 Å². The molecule has 1 aromatic carbocycles. The minimum absolute atomic E-state index is 0.195. The van der Waals surface area contributed by atoms with Gasteiger partial charge in [0, 0.05) is 23.5 Å². The van der Waals surface area contributed by atoms with Gasteiger partial charge in [-0.2, -0.15) is 0 Å². The summed E-state index contributed by atoms with van der Waals surface area (Å²) in [5.74, 6) is -0.635. The van der Waals surface area contributed by atoms with Crippen molar-refractivity contribution >= 4 is 27.5 Å². The topological polar surface area (TPSA) is 41.1 Å². The minimum Gasteiger partial charge on any atom is -0.324 e. The molecule has 1 aromatic rings. The van der Waals surface area contributed by atoms with E-state index in [4.69, 9.17) is 0 Å². The monoisotopic (exact) mass is 302 g/mol. The maximum atomic E-state index is 13.4. The van der Waals surface area contributed by atoms with Crippen molar-refractivity contribution in [3.05, 3.63) is 28.5 Å². The lowest BCUT2D eigenvalue weighted by Crippen LogP contribution is -2.27. The summed E-state index contributed by atoms with van der Waals surface area (Å²) >= 11 is 3.16. The molecule has 0 aliphatic rings. The molecule has 0 saturated heterocycles. The number of carbonyl (C=O) groups is 1. The maximum absolute atomic E-state index is 13.4. The van der Waals surface area contributed by atoms with Gasteiger partial charge < -0.3 is 10.6 Å². The van der Waals surface area contributed by atoms with Crippen LogP contribution in [0.1, 0.15) is 20.3 Å². The zero-order valence-electron chi connectivity index (χ0n) is 9.89. The van der Waals surface area contributed by atoms with E-state index in [2.05, 4.69) is 26.6 Å². The van der Waals surface area contributed by atoms with Gasteiger partial charge in [0.1, 0.15) is 5.82 Å². The van der Waals surface area contributed by atoms with Crippen molar-refractivity contribution in [1.82, 2.24) is 5.32 Å². The summed E-state index contributed by atoms with van der Waals surface area (Å²) in [5.41, 5.74) is 0.211. The van der Waals surface area contributed by atoms with Gasteiger partial charge >= 0.3 is 0 Å². The molecular weight excluding hydrogens is 287 g/mol. The molecule has 0 aliphatic heterocycles. The minimum atomic E-state index is -0.440. The van der Waals surface area contributed by atoms with Crippen LogP contribution in [0.5, 0.6) is 0 Å². The fourth-order valence-corrected chi connectivity index (χ4v) is 1.61. The van der Waals surface area contributed by atoms with Crippen molar-refractivity contribution in [1.29, 1.82) is 0 Å². The zero-order chi connectivity index (χ0) is 12.8. The molecule has 5 heteroatoms. The number of nitrogens with one attached hydrogen (secondary N) is 2. The van der Waals surface area contributed by atoms with Crippen molar-refractivity contribution < 1.29 is 9.18 Å². The summed E-state index contributed by atoms with van der Waals surface area (Å²) in [4.78, 5) is 11.5. The van der Waals surface area contributed by atoms with Crippen molar-refractivity contribution in [2.24, 2.45) is 0 Å². The van der Waals surface area contributed by atoms with E-state index in [0.717, 1.165) is 0 Å². The predicted molar refractivity (Wildman–Crippen MR) is 70.5 cm³/mol. The van der Waals surface area contributed by atoms with E-state index >= 15 is 0 Å². The highest BCUT2D eigenvalue weighted by Gasteiger charge is 2.07. The van der Waals surface area contributed by atoms with Crippen molar-refractivity contribution in [2.75, 3.05) is 11.9 Å². The Morgan fingerprint density at radius 1 is 1.47 bits per heavy atom. The SMILES string of the molecule is CC(C)NCCC(=O)Nc1ccc(Br)cc1F. The van der Waals surface area contributed by atoms with E-state index in [0.29, 0.717) is 23.5 Å². The molecule has 94 valence electrons. The van der Waals surface area contributed by atoms with Crippen LogP contribution in [0.4, 0.5) is 10.1 Å². The Labute approximate surface area is 109 Å². The van der Waals surface area contributed by atoms with Gasteiger partial charge in [-0.1, -0.05) is 29.8 Å². The molecule has 0 atom stereocenters. The molecule has 0 unspecified atom stereocenters. The normalized spacial score (nSPS) is 10.6. The molecule has 0 aromatic heterocycles. The molecule has 0 radical (unpaired) electrons. The van der Waals surface area contributed by atoms with E-state index in [9.17, 15) is 9.18 Å². The Kier molecular flexibility index (Phi) is 5.58. The molecule has 0 fully saturated rings. The predicted octanol–water partition coefficient (Wildman–Crippen LogP) is 2.91. The highest BCUT2D eigenvalue weighted by molar-refractivity contribution is 9.10. The molecule has 2 N–H and O–H groups in total. The Morgan fingerprint density at radius 2 is 2.18 bits per heavy atom. The lowest BCUT2D eigenvalue weighted by Gasteiger charge is -2.09.